The van der Waals surface area contributed by atoms with Crippen LogP contribution in [0.3, 0.4) is 0 Å². The van der Waals surface area contributed by atoms with Crippen molar-refractivity contribution in [3.05, 3.63) is 0 Å². The first-order chi connectivity index (χ1) is 5.52. The van der Waals surface area contributed by atoms with Crippen molar-refractivity contribution in [2.24, 2.45) is 0 Å². The summed E-state index contributed by atoms with van der Waals surface area (Å²) in [7, 11) is 0. The monoisotopic (exact) mass is 177 g/mol. The van der Waals surface area contributed by atoms with Gasteiger partial charge >= 0.3 is 0 Å². The lowest BCUT2D eigenvalue weighted by Crippen LogP contribution is -2.67. The van der Waals surface area contributed by atoms with Gasteiger partial charge in [-0.1, -0.05) is 0 Å². The van der Waals surface area contributed by atoms with E-state index in [2.05, 4.69) is 5.32 Å². The Morgan fingerprint density at radius 2 is 2.17 bits per heavy atom. The molecule has 0 aliphatic carbocycles. The van der Waals surface area contributed by atoms with Gasteiger partial charge in [0.25, 0.3) is 5.91 Å². The Balaban J connectivity index is 2.85. The molecule has 0 radical (unpaired) electrons. The smallest absolute Gasteiger partial charge is 0.257 e. The summed E-state index contributed by atoms with van der Waals surface area (Å²) in [5.41, 5.74) is -2.28. The average molecular weight is 177 g/mol. The fourth-order valence-corrected chi connectivity index (χ4v) is 1.08. The molecule has 0 aromatic heterocycles. The summed E-state index contributed by atoms with van der Waals surface area (Å²) in [5, 5.41) is 38.3. The maximum atomic E-state index is 10.9. The molecule has 1 heterocycles. The van der Waals surface area contributed by atoms with E-state index in [4.69, 9.17) is 15.3 Å². The maximum Gasteiger partial charge on any atom is 0.257 e. The molecule has 0 aromatic rings. The van der Waals surface area contributed by atoms with Crippen LogP contribution in [0.5, 0.6) is 0 Å². The second-order valence-electron chi connectivity index (χ2n) is 2.80. The molecule has 1 fully saturated rings. The van der Waals surface area contributed by atoms with E-state index in [0.717, 1.165) is 0 Å². The van der Waals surface area contributed by atoms with E-state index in [1.807, 2.05) is 0 Å². The van der Waals surface area contributed by atoms with Crippen molar-refractivity contribution in [1.82, 2.24) is 5.32 Å². The zero-order valence-corrected chi connectivity index (χ0v) is 6.27. The van der Waals surface area contributed by atoms with E-state index in [1.165, 1.54) is 0 Å². The van der Waals surface area contributed by atoms with Crippen LogP contribution in [0.1, 0.15) is 0 Å². The first kappa shape index (κ1) is 9.40. The minimum atomic E-state index is -2.28. The molecule has 1 aliphatic rings. The number of carbonyl (C=O) groups excluding carboxylic acids is 1. The van der Waals surface area contributed by atoms with E-state index in [-0.39, 0.29) is 6.54 Å². The molecular weight excluding hydrogens is 166 g/mol. The zero-order valence-electron chi connectivity index (χ0n) is 6.27. The van der Waals surface area contributed by atoms with Gasteiger partial charge < -0.3 is 25.7 Å². The van der Waals surface area contributed by atoms with Gasteiger partial charge in [-0.25, -0.2) is 0 Å². The van der Waals surface area contributed by atoms with Crippen LogP contribution in [-0.4, -0.2) is 57.3 Å². The minimum absolute atomic E-state index is 0.123. The summed E-state index contributed by atoms with van der Waals surface area (Å²) in [6, 6.07) is 0. The SMILES string of the molecule is O=C1NCC(O)C(O)C1(O)CO. The van der Waals surface area contributed by atoms with Gasteiger partial charge in [0.15, 0.2) is 5.60 Å². The van der Waals surface area contributed by atoms with Gasteiger partial charge in [0.2, 0.25) is 0 Å². The Morgan fingerprint density at radius 1 is 1.58 bits per heavy atom. The molecule has 3 unspecified atom stereocenters. The lowest BCUT2D eigenvalue weighted by molar-refractivity contribution is -0.182. The third kappa shape index (κ3) is 1.18. The maximum absolute atomic E-state index is 10.9. The fraction of sp³-hybridized carbons (Fsp3) is 0.833. The number of hydrogen-bond acceptors (Lipinski definition) is 5. The van der Waals surface area contributed by atoms with Gasteiger partial charge in [0.05, 0.1) is 6.61 Å². The van der Waals surface area contributed by atoms with Gasteiger partial charge in [-0.15, -0.1) is 0 Å². The predicted molar refractivity (Wildman–Crippen MR) is 37.1 cm³/mol. The Hall–Kier alpha value is -0.690. The van der Waals surface area contributed by atoms with Crippen LogP contribution in [0.2, 0.25) is 0 Å². The largest absolute Gasteiger partial charge is 0.393 e. The van der Waals surface area contributed by atoms with Crippen molar-refractivity contribution in [3.63, 3.8) is 0 Å². The summed E-state index contributed by atoms with van der Waals surface area (Å²) in [4.78, 5) is 10.9. The van der Waals surface area contributed by atoms with Gasteiger partial charge in [0.1, 0.15) is 12.2 Å². The molecule has 1 amide bonds. The van der Waals surface area contributed by atoms with E-state index >= 15 is 0 Å². The molecule has 1 saturated heterocycles. The molecule has 3 atom stereocenters. The van der Waals surface area contributed by atoms with Gasteiger partial charge in [-0.05, 0) is 0 Å². The molecular formula is C6H11NO5. The normalized spacial score (nSPS) is 42.5. The number of amides is 1. The van der Waals surface area contributed by atoms with Gasteiger partial charge in [-0.2, -0.15) is 0 Å². The van der Waals surface area contributed by atoms with Crippen LogP contribution in [0.15, 0.2) is 0 Å². The molecule has 1 aliphatic heterocycles. The molecule has 6 heteroatoms. The predicted octanol–water partition coefficient (Wildman–Crippen LogP) is -3.44. The van der Waals surface area contributed by atoms with E-state index in [0.29, 0.717) is 0 Å². The number of piperidine rings is 1. The van der Waals surface area contributed by atoms with Crippen molar-refractivity contribution in [2.45, 2.75) is 17.8 Å². The highest BCUT2D eigenvalue weighted by atomic mass is 16.4. The first-order valence-corrected chi connectivity index (χ1v) is 3.50. The lowest BCUT2D eigenvalue weighted by atomic mass is 9.89. The quantitative estimate of drug-likeness (QED) is 0.286. The summed E-state index contributed by atoms with van der Waals surface area (Å²) in [5.74, 6) is -0.872. The minimum Gasteiger partial charge on any atom is -0.393 e. The Morgan fingerprint density at radius 3 is 2.58 bits per heavy atom. The Labute approximate surface area is 68.4 Å². The molecule has 12 heavy (non-hydrogen) atoms. The standard InChI is InChI=1S/C6H11NO5/c8-2-6(12)4(10)3(9)1-7-5(6)11/h3-4,8-10,12H,1-2H2,(H,7,11). The topological polar surface area (TPSA) is 110 Å². The van der Waals surface area contributed by atoms with E-state index in [9.17, 15) is 9.90 Å². The summed E-state index contributed by atoms with van der Waals surface area (Å²) in [6.45, 7) is -1.04. The van der Waals surface area contributed by atoms with Crippen molar-refractivity contribution in [3.8, 4) is 0 Å². The summed E-state index contributed by atoms with van der Waals surface area (Å²) >= 11 is 0. The molecule has 6 nitrogen and oxygen atoms in total. The lowest BCUT2D eigenvalue weighted by Gasteiger charge is -2.37. The van der Waals surface area contributed by atoms with E-state index < -0.39 is 30.3 Å². The Kier molecular flexibility index (Phi) is 2.34. The third-order valence-electron chi connectivity index (χ3n) is 1.96. The van der Waals surface area contributed by atoms with Crippen LogP contribution >= 0.6 is 0 Å². The molecule has 0 aromatic carbocycles. The van der Waals surface area contributed by atoms with Crippen molar-refractivity contribution in [1.29, 1.82) is 0 Å². The first-order valence-electron chi connectivity index (χ1n) is 3.50. The fourth-order valence-electron chi connectivity index (χ4n) is 1.08. The molecule has 5 N–H and O–H groups in total. The molecule has 1 rings (SSSR count). The van der Waals surface area contributed by atoms with Crippen molar-refractivity contribution >= 4 is 5.91 Å². The second-order valence-corrected chi connectivity index (χ2v) is 2.80. The number of rotatable bonds is 1. The van der Waals surface area contributed by atoms with Crippen LogP contribution in [0.4, 0.5) is 0 Å². The number of β-amino-alcohol motifs (C(OH)–C–C–N with tert-alkyl or cyclic N) is 1. The number of nitrogens with one attached hydrogen (secondary N) is 1. The zero-order chi connectivity index (χ0) is 9.35. The molecule has 0 saturated carbocycles. The van der Waals surface area contributed by atoms with Gasteiger partial charge in [-0.3, -0.25) is 4.79 Å². The highest BCUT2D eigenvalue weighted by Crippen LogP contribution is 2.17. The van der Waals surface area contributed by atoms with Crippen LogP contribution in [0, 0.1) is 0 Å². The molecule has 0 bridgehead atoms. The Bertz CT molecular complexity index is 196. The van der Waals surface area contributed by atoms with Crippen LogP contribution in [-0.2, 0) is 4.79 Å². The summed E-state index contributed by atoms with van der Waals surface area (Å²) < 4.78 is 0. The third-order valence-corrected chi connectivity index (χ3v) is 1.96. The summed E-state index contributed by atoms with van der Waals surface area (Å²) in [6.07, 6.45) is -2.89. The second kappa shape index (κ2) is 2.98. The average Bonchev–Trinajstić information content (AvgIpc) is 2.08. The number of hydrogen-bond donors (Lipinski definition) is 5. The number of aliphatic hydroxyl groups excluding tert-OH is 3. The van der Waals surface area contributed by atoms with Crippen molar-refractivity contribution in [2.75, 3.05) is 13.2 Å². The van der Waals surface area contributed by atoms with Crippen LogP contribution in [0.25, 0.3) is 0 Å². The molecule has 70 valence electrons. The molecule has 0 spiro atoms. The number of aliphatic hydroxyl groups is 4. The van der Waals surface area contributed by atoms with Gasteiger partial charge in [0, 0.05) is 6.54 Å². The van der Waals surface area contributed by atoms with Crippen molar-refractivity contribution < 1.29 is 25.2 Å². The highest BCUT2D eigenvalue weighted by molar-refractivity contribution is 5.86. The number of carbonyl (C=O) groups is 1. The van der Waals surface area contributed by atoms with E-state index in [1.54, 1.807) is 0 Å². The van der Waals surface area contributed by atoms with Crippen LogP contribution < -0.4 is 5.32 Å². The highest BCUT2D eigenvalue weighted by Gasteiger charge is 2.49.